The predicted molar refractivity (Wildman–Crippen MR) is 96.0 cm³/mol. The molecule has 2 aromatic carbocycles. The number of carbonyl (C=O) groups is 1. The second kappa shape index (κ2) is 5.77. The molecule has 25 heavy (non-hydrogen) atoms. The molecule has 130 valence electrons. The summed E-state index contributed by atoms with van der Waals surface area (Å²) in [5.74, 6) is 0.304. The summed E-state index contributed by atoms with van der Waals surface area (Å²) in [7, 11) is 1.63. The molecule has 0 amide bonds. The molecule has 0 saturated heterocycles. The number of nitriles is 1. The predicted octanol–water partition coefficient (Wildman–Crippen LogP) is 4.64. The van der Waals surface area contributed by atoms with Gasteiger partial charge in [0, 0.05) is 5.56 Å². The lowest BCUT2D eigenvalue weighted by molar-refractivity contribution is -0.150. The molecule has 0 heterocycles. The minimum Gasteiger partial charge on any atom is -0.497 e. The Labute approximate surface area is 148 Å². The largest absolute Gasteiger partial charge is 0.497 e. The van der Waals surface area contributed by atoms with Crippen molar-refractivity contribution >= 4 is 16.7 Å². The van der Waals surface area contributed by atoms with Crippen molar-refractivity contribution < 1.29 is 14.3 Å². The lowest BCUT2D eigenvalue weighted by Crippen LogP contribution is -2.15. The molecule has 1 aliphatic carbocycles. The number of hydrogen-bond donors (Lipinski definition) is 0. The minimum atomic E-state index is -0.897. The molecule has 0 N–H and O–H groups in total. The number of methoxy groups -OCH3 is 1. The van der Waals surface area contributed by atoms with Crippen molar-refractivity contribution in [1.29, 1.82) is 5.26 Å². The zero-order chi connectivity index (χ0) is 18.4. The number of rotatable bonds is 4. The van der Waals surface area contributed by atoms with Gasteiger partial charge in [0.1, 0.15) is 11.8 Å². The second-order valence-electron chi connectivity index (χ2n) is 7.79. The molecule has 1 saturated carbocycles. The Morgan fingerprint density at radius 1 is 1.08 bits per heavy atom. The van der Waals surface area contributed by atoms with Crippen LogP contribution in [-0.4, -0.2) is 13.1 Å². The third kappa shape index (κ3) is 2.74. The van der Waals surface area contributed by atoms with Gasteiger partial charge in [-0.15, -0.1) is 0 Å². The highest BCUT2D eigenvalue weighted by Gasteiger charge is 2.69. The van der Waals surface area contributed by atoms with Crippen LogP contribution < -0.4 is 4.74 Å². The van der Waals surface area contributed by atoms with E-state index in [1.807, 2.05) is 36.4 Å². The molecule has 0 aliphatic heterocycles. The number of nitrogens with zero attached hydrogens (tertiary/aromatic N) is 1. The molecule has 0 aromatic heterocycles. The fraction of sp³-hybridized carbons (Fsp3) is 0.429. The van der Waals surface area contributed by atoms with E-state index in [9.17, 15) is 10.1 Å². The molecule has 1 unspecified atom stereocenters. The van der Waals surface area contributed by atoms with E-state index >= 15 is 0 Å². The average molecular weight is 337 g/mol. The number of benzene rings is 2. The van der Waals surface area contributed by atoms with Gasteiger partial charge in [-0.25, -0.2) is 0 Å². The Balaban J connectivity index is 1.83. The first-order valence-corrected chi connectivity index (χ1v) is 8.40. The minimum absolute atomic E-state index is 0.107. The van der Waals surface area contributed by atoms with E-state index in [1.165, 1.54) is 0 Å². The summed E-state index contributed by atoms with van der Waals surface area (Å²) in [5, 5.41) is 11.5. The normalized spacial score (nSPS) is 19.0. The standard InChI is InChI=1S/C21H23NO3/c1-20(2)18(21(20,3)4)19(23)25-17(12-22)15-7-6-14-11-16(24-5)9-8-13(14)10-15/h6-11,17-18H,1-5H3. The molecule has 2 aromatic rings. The molecular weight excluding hydrogens is 314 g/mol. The lowest BCUT2D eigenvalue weighted by Gasteiger charge is -2.13. The highest BCUT2D eigenvalue weighted by Crippen LogP contribution is 2.68. The van der Waals surface area contributed by atoms with Gasteiger partial charge in [-0.3, -0.25) is 4.79 Å². The highest BCUT2D eigenvalue weighted by molar-refractivity contribution is 5.85. The maximum Gasteiger partial charge on any atom is 0.311 e. The first kappa shape index (κ1) is 17.3. The molecule has 0 spiro atoms. The van der Waals surface area contributed by atoms with Crippen molar-refractivity contribution in [2.45, 2.75) is 33.8 Å². The summed E-state index contributed by atoms with van der Waals surface area (Å²) in [6.45, 7) is 8.24. The van der Waals surface area contributed by atoms with Gasteiger partial charge in [-0.2, -0.15) is 5.26 Å². The quantitative estimate of drug-likeness (QED) is 0.763. The van der Waals surface area contributed by atoms with Crippen molar-refractivity contribution in [3.63, 3.8) is 0 Å². The van der Waals surface area contributed by atoms with Crippen molar-refractivity contribution in [2.24, 2.45) is 16.7 Å². The number of ether oxygens (including phenoxy) is 2. The SMILES string of the molecule is COc1ccc2cc(C(C#N)OC(=O)C3C(C)(C)C3(C)C)ccc2c1. The van der Waals surface area contributed by atoms with E-state index in [0.717, 1.165) is 16.5 Å². The number of hydrogen-bond acceptors (Lipinski definition) is 4. The van der Waals surface area contributed by atoms with Gasteiger partial charge >= 0.3 is 5.97 Å². The van der Waals surface area contributed by atoms with Crippen LogP contribution in [0.2, 0.25) is 0 Å². The highest BCUT2D eigenvalue weighted by atomic mass is 16.5. The van der Waals surface area contributed by atoms with E-state index in [0.29, 0.717) is 5.56 Å². The summed E-state index contributed by atoms with van der Waals surface area (Å²) < 4.78 is 10.8. The third-order valence-electron chi connectivity index (χ3n) is 5.98. The molecule has 1 fully saturated rings. The smallest absolute Gasteiger partial charge is 0.311 e. The summed E-state index contributed by atoms with van der Waals surface area (Å²) >= 11 is 0. The van der Waals surface area contributed by atoms with Crippen LogP contribution in [0.3, 0.4) is 0 Å². The van der Waals surface area contributed by atoms with E-state index in [1.54, 1.807) is 7.11 Å². The van der Waals surface area contributed by atoms with Gasteiger partial charge in [0.15, 0.2) is 0 Å². The van der Waals surface area contributed by atoms with Crippen molar-refractivity contribution in [3.05, 3.63) is 42.0 Å². The van der Waals surface area contributed by atoms with Crippen LogP contribution in [0.4, 0.5) is 0 Å². The molecular formula is C21H23NO3. The van der Waals surface area contributed by atoms with E-state index in [-0.39, 0.29) is 22.7 Å². The monoisotopic (exact) mass is 337 g/mol. The molecule has 4 nitrogen and oxygen atoms in total. The van der Waals surface area contributed by atoms with Crippen LogP contribution in [-0.2, 0) is 9.53 Å². The van der Waals surface area contributed by atoms with Gasteiger partial charge in [0.05, 0.1) is 13.0 Å². The summed E-state index contributed by atoms with van der Waals surface area (Å²) in [6.07, 6.45) is -0.897. The van der Waals surface area contributed by atoms with Crippen LogP contribution in [0.25, 0.3) is 10.8 Å². The molecule has 1 atom stereocenters. The van der Waals surface area contributed by atoms with Crippen molar-refractivity contribution in [3.8, 4) is 11.8 Å². The van der Waals surface area contributed by atoms with Crippen LogP contribution >= 0.6 is 0 Å². The van der Waals surface area contributed by atoms with Crippen molar-refractivity contribution in [1.82, 2.24) is 0 Å². The Bertz CT molecular complexity index is 862. The van der Waals surface area contributed by atoms with Gasteiger partial charge in [0.25, 0.3) is 0 Å². The first-order valence-electron chi connectivity index (χ1n) is 8.40. The van der Waals surface area contributed by atoms with E-state index in [4.69, 9.17) is 9.47 Å². The fourth-order valence-corrected chi connectivity index (χ4v) is 3.67. The van der Waals surface area contributed by atoms with Crippen LogP contribution in [0, 0.1) is 28.1 Å². The van der Waals surface area contributed by atoms with E-state index < -0.39 is 6.10 Å². The summed E-state index contributed by atoms with van der Waals surface area (Å²) in [5.41, 5.74) is 0.471. The van der Waals surface area contributed by atoms with Gasteiger partial charge in [-0.1, -0.05) is 45.9 Å². The Kier molecular flexibility index (Phi) is 3.99. The molecule has 0 bridgehead atoms. The molecule has 3 rings (SSSR count). The summed E-state index contributed by atoms with van der Waals surface area (Å²) in [6, 6.07) is 13.5. The lowest BCUT2D eigenvalue weighted by atomic mass is 10.0. The van der Waals surface area contributed by atoms with Crippen LogP contribution in [0.1, 0.15) is 39.4 Å². The van der Waals surface area contributed by atoms with Crippen LogP contribution in [0.5, 0.6) is 5.75 Å². The number of fused-ring (bicyclic) bond motifs is 1. The van der Waals surface area contributed by atoms with Gasteiger partial charge < -0.3 is 9.47 Å². The van der Waals surface area contributed by atoms with Gasteiger partial charge in [0.2, 0.25) is 6.10 Å². The number of esters is 1. The fourth-order valence-electron chi connectivity index (χ4n) is 3.67. The van der Waals surface area contributed by atoms with E-state index in [2.05, 4.69) is 33.8 Å². The Hall–Kier alpha value is -2.54. The third-order valence-corrected chi connectivity index (χ3v) is 5.98. The maximum atomic E-state index is 12.5. The maximum absolute atomic E-state index is 12.5. The molecule has 4 heteroatoms. The first-order chi connectivity index (χ1) is 11.7. The van der Waals surface area contributed by atoms with Crippen molar-refractivity contribution in [2.75, 3.05) is 7.11 Å². The summed E-state index contributed by atoms with van der Waals surface area (Å²) in [4.78, 5) is 12.5. The Morgan fingerprint density at radius 3 is 2.24 bits per heavy atom. The zero-order valence-electron chi connectivity index (χ0n) is 15.3. The Morgan fingerprint density at radius 2 is 1.68 bits per heavy atom. The van der Waals surface area contributed by atoms with Crippen LogP contribution in [0.15, 0.2) is 36.4 Å². The average Bonchev–Trinajstić information content (AvgIpc) is 3.00. The molecule has 1 aliphatic rings. The molecule has 0 radical (unpaired) electrons. The number of carbonyl (C=O) groups excluding carboxylic acids is 1. The topological polar surface area (TPSA) is 59.3 Å². The second-order valence-corrected chi connectivity index (χ2v) is 7.79. The zero-order valence-corrected chi connectivity index (χ0v) is 15.3. The van der Waals surface area contributed by atoms with Gasteiger partial charge in [-0.05, 0) is 39.8 Å².